The first-order chi connectivity index (χ1) is 18.2. The fraction of sp³-hybridized carbons (Fsp3) is 0.429. The number of nitrogens with zero attached hydrogens (tertiary/aromatic N) is 2. The van der Waals surface area contributed by atoms with E-state index in [9.17, 15) is 18.7 Å². The number of carbonyl (C=O) groups is 1. The van der Waals surface area contributed by atoms with E-state index in [1.54, 1.807) is 25.3 Å². The molecule has 0 aliphatic carbocycles. The van der Waals surface area contributed by atoms with Gasteiger partial charge in [-0.2, -0.15) is 0 Å². The summed E-state index contributed by atoms with van der Waals surface area (Å²) in [5.41, 5.74) is 1.01. The highest BCUT2D eigenvalue weighted by Gasteiger charge is 2.31. The number of aromatic nitrogens is 1. The van der Waals surface area contributed by atoms with Gasteiger partial charge in [-0.05, 0) is 68.0 Å². The molecule has 4 rings (SSSR count). The van der Waals surface area contributed by atoms with E-state index in [1.807, 2.05) is 0 Å². The number of alkyl halides is 1. The van der Waals surface area contributed by atoms with Crippen molar-refractivity contribution >= 4 is 40.2 Å². The van der Waals surface area contributed by atoms with Crippen LogP contribution in [0.15, 0.2) is 47.5 Å². The summed E-state index contributed by atoms with van der Waals surface area (Å²) >= 11 is 7.73. The number of likely N-dealkylation sites (tertiary alicyclic amines) is 1. The van der Waals surface area contributed by atoms with Gasteiger partial charge < -0.3 is 14.7 Å². The molecule has 1 fully saturated rings. The predicted octanol–water partition coefficient (Wildman–Crippen LogP) is 7.17. The third-order valence-corrected chi connectivity index (χ3v) is 8.35. The number of thioether (sulfide) groups is 1. The lowest BCUT2D eigenvalue weighted by Gasteiger charge is -2.38. The number of aliphatic carboxylic acids is 1. The summed E-state index contributed by atoms with van der Waals surface area (Å²) in [6.07, 6.45) is 1.65. The van der Waals surface area contributed by atoms with Crippen molar-refractivity contribution in [1.82, 2.24) is 9.88 Å². The summed E-state index contributed by atoms with van der Waals surface area (Å²) in [6.45, 7) is 2.01. The molecule has 5 nitrogen and oxygen atoms in total. The molecule has 0 amide bonds. The highest BCUT2D eigenvalue weighted by molar-refractivity contribution is 7.99. The van der Waals surface area contributed by atoms with E-state index in [0.717, 1.165) is 19.0 Å². The molecule has 204 valence electrons. The Morgan fingerprint density at radius 3 is 2.71 bits per heavy atom. The highest BCUT2D eigenvalue weighted by atomic mass is 35.5. The van der Waals surface area contributed by atoms with E-state index in [0.29, 0.717) is 52.4 Å². The number of pyridine rings is 1. The van der Waals surface area contributed by atoms with Crippen molar-refractivity contribution in [1.29, 1.82) is 0 Å². The Labute approximate surface area is 229 Å². The molecule has 10 heteroatoms. The lowest BCUT2D eigenvalue weighted by molar-refractivity contribution is -0.139. The second-order valence-corrected chi connectivity index (χ2v) is 11.2. The van der Waals surface area contributed by atoms with Crippen molar-refractivity contribution < 1.29 is 27.8 Å². The minimum absolute atomic E-state index is 0.0104. The van der Waals surface area contributed by atoms with Crippen molar-refractivity contribution in [2.24, 2.45) is 11.8 Å². The number of carboxylic acids is 1. The zero-order valence-corrected chi connectivity index (χ0v) is 22.6. The van der Waals surface area contributed by atoms with Crippen LogP contribution in [-0.2, 0) is 4.79 Å². The van der Waals surface area contributed by atoms with Crippen LogP contribution in [0, 0.1) is 23.5 Å². The minimum atomic E-state index is -1.33. The molecule has 0 saturated carbocycles. The molecular weight excluding hydrogens is 537 g/mol. The molecule has 2 aromatic carbocycles. The first kappa shape index (κ1) is 28.5. The standard InChI is InChI=1S/C28H30ClF3N2O3S/c1-37-21-3-5-26-23(14-21)28(24(29)15-33-26)25(32)4-2-17-6-7-34(16-18(17)10-27(35)36)8-9-38-22-12-19(30)11-20(31)13-22/h3,5,11-15,17-18,25H,2,4,6-10,16H2,1H3,(H,35,36)/t17?,18?,25-/m1/s1. The Morgan fingerprint density at radius 1 is 1.24 bits per heavy atom. The number of benzene rings is 2. The van der Waals surface area contributed by atoms with Gasteiger partial charge in [0.2, 0.25) is 0 Å². The van der Waals surface area contributed by atoms with Crippen LogP contribution in [0.25, 0.3) is 10.9 Å². The van der Waals surface area contributed by atoms with Crippen LogP contribution in [0.2, 0.25) is 5.02 Å². The fourth-order valence-corrected chi connectivity index (χ4v) is 6.46. The van der Waals surface area contributed by atoms with E-state index < -0.39 is 23.8 Å². The largest absolute Gasteiger partial charge is 0.497 e. The molecule has 1 saturated heterocycles. The van der Waals surface area contributed by atoms with Gasteiger partial charge in [-0.15, -0.1) is 11.8 Å². The second-order valence-electron chi connectivity index (χ2n) is 9.61. The average Bonchev–Trinajstić information content (AvgIpc) is 2.86. The number of ether oxygens (including phenoxy) is 1. The Balaban J connectivity index is 1.37. The molecule has 3 atom stereocenters. The summed E-state index contributed by atoms with van der Waals surface area (Å²) in [4.78, 5) is 18.6. The molecule has 0 radical (unpaired) electrons. The summed E-state index contributed by atoms with van der Waals surface area (Å²) < 4.78 is 47.8. The topological polar surface area (TPSA) is 62.7 Å². The van der Waals surface area contributed by atoms with Gasteiger partial charge >= 0.3 is 5.97 Å². The van der Waals surface area contributed by atoms with Crippen LogP contribution in [0.1, 0.15) is 37.4 Å². The van der Waals surface area contributed by atoms with E-state index in [1.165, 1.54) is 30.1 Å². The number of hydrogen-bond donors (Lipinski definition) is 1. The van der Waals surface area contributed by atoms with Gasteiger partial charge in [0, 0.05) is 53.4 Å². The van der Waals surface area contributed by atoms with Gasteiger partial charge in [0.1, 0.15) is 23.6 Å². The van der Waals surface area contributed by atoms with Crippen molar-refractivity contribution in [2.45, 2.75) is 36.8 Å². The summed E-state index contributed by atoms with van der Waals surface area (Å²) in [5, 5.41) is 10.4. The SMILES string of the molecule is COc1ccc2ncc(Cl)c([C@H](F)CCC3CCN(CCSc4cc(F)cc(F)c4)CC3CC(=O)O)c2c1. The Morgan fingerprint density at radius 2 is 2.00 bits per heavy atom. The summed E-state index contributed by atoms with van der Waals surface area (Å²) in [6, 6.07) is 8.71. The van der Waals surface area contributed by atoms with E-state index >= 15 is 4.39 Å². The molecular formula is C28H30ClF3N2O3S. The maximum absolute atomic E-state index is 15.6. The number of carboxylic acid groups (broad SMARTS) is 1. The van der Waals surface area contributed by atoms with Crippen LogP contribution in [0.3, 0.4) is 0 Å². The van der Waals surface area contributed by atoms with E-state index in [-0.39, 0.29) is 29.7 Å². The van der Waals surface area contributed by atoms with Gasteiger partial charge in [0.25, 0.3) is 0 Å². The Kier molecular flexibility index (Phi) is 9.79. The first-order valence-electron chi connectivity index (χ1n) is 12.5. The molecule has 0 spiro atoms. The molecule has 38 heavy (non-hydrogen) atoms. The normalized spacial score (nSPS) is 19.0. The highest BCUT2D eigenvalue weighted by Crippen LogP contribution is 2.39. The lowest BCUT2D eigenvalue weighted by atomic mass is 9.79. The number of rotatable bonds is 11. The van der Waals surface area contributed by atoms with Crippen molar-refractivity contribution in [3.05, 3.63) is 64.8 Å². The van der Waals surface area contributed by atoms with Gasteiger partial charge in [-0.1, -0.05) is 11.6 Å². The van der Waals surface area contributed by atoms with E-state index in [2.05, 4.69) is 9.88 Å². The molecule has 1 aliphatic heterocycles. The van der Waals surface area contributed by atoms with Gasteiger partial charge in [0.15, 0.2) is 0 Å². The summed E-state index contributed by atoms with van der Waals surface area (Å²) in [7, 11) is 1.54. The van der Waals surface area contributed by atoms with Crippen molar-refractivity contribution in [3.63, 3.8) is 0 Å². The third kappa shape index (κ3) is 7.33. The maximum Gasteiger partial charge on any atom is 0.303 e. The van der Waals surface area contributed by atoms with E-state index in [4.69, 9.17) is 16.3 Å². The molecule has 1 aromatic heterocycles. The minimum Gasteiger partial charge on any atom is -0.497 e. The molecule has 2 heterocycles. The quantitative estimate of drug-likeness (QED) is 0.248. The predicted molar refractivity (Wildman–Crippen MR) is 144 cm³/mol. The molecule has 1 aliphatic rings. The smallest absolute Gasteiger partial charge is 0.303 e. The monoisotopic (exact) mass is 566 g/mol. The van der Waals surface area contributed by atoms with Gasteiger partial charge in [-0.3, -0.25) is 9.78 Å². The third-order valence-electron chi connectivity index (χ3n) is 7.10. The van der Waals surface area contributed by atoms with Crippen LogP contribution in [0.5, 0.6) is 5.75 Å². The molecule has 2 unspecified atom stereocenters. The molecule has 0 bridgehead atoms. The Bertz CT molecular complexity index is 1260. The van der Waals surface area contributed by atoms with Crippen LogP contribution >= 0.6 is 23.4 Å². The maximum atomic E-state index is 15.6. The number of halogens is 4. The Hall–Kier alpha value is -2.49. The number of fused-ring (bicyclic) bond motifs is 1. The first-order valence-corrected chi connectivity index (χ1v) is 13.9. The van der Waals surface area contributed by atoms with Crippen LogP contribution < -0.4 is 4.74 Å². The van der Waals surface area contributed by atoms with Gasteiger partial charge in [0.05, 0.1) is 17.6 Å². The zero-order chi connectivity index (χ0) is 27.2. The lowest BCUT2D eigenvalue weighted by Crippen LogP contribution is -2.42. The van der Waals surface area contributed by atoms with Crippen LogP contribution in [0.4, 0.5) is 13.2 Å². The summed E-state index contributed by atoms with van der Waals surface area (Å²) in [5.74, 6) is -0.941. The number of methoxy groups -OCH3 is 1. The number of hydrogen-bond acceptors (Lipinski definition) is 5. The number of piperidine rings is 1. The van der Waals surface area contributed by atoms with Crippen molar-refractivity contribution in [2.75, 3.05) is 32.5 Å². The second kappa shape index (κ2) is 13.0. The van der Waals surface area contributed by atoms with Crippen molar-refractivity contribution in [3.8, 4) is 5.75 Å². The average molecular weight is 567 g/mol. The van der Waals surface area contributed by atoms with Crippen LogP contribution in [-0.4, -0.2) is 53.5 Å². The molecule has 3 aromatic rings. The molecule has 1 N–H and O–H groups in total. The van der Waals surface area contributed by atoms with Gasteiger partial charge in [-0.25, -0.2) is 13.2 Å². The zero-order valence-electron chi connectivity index (χ0n) is 21.0. The fourth-order valence-electron chi connectivity index (χ4n) is 5.22.